The van der Waals surface area contributed by atoms with Crippen molar-refractivity contribution in [1.29, 1.82) is 0 Å². The lowest BCUT2D eigenvalue weighted by Gasteiger charge is -2.09. The number of unbranched alkanes of at least 4 members (excludes halogenated alkanes) is 13. The quantitative estimate of drug-likeness (QED) is 0.305. The van der Waals surface area contributed by atoms with Gasteiger partial charge < -0.3 is 5.32 Å². The van der Waals surface area contributed by atoms with Crippen molar-refractivity contribution in [2.45, 2.75) is 103 Å². The summed E-state index contributed by atoms with van der Waals surface area (Å²) >= 11 is 0. The summed E-state index contributed by atoms with van der Waals surface area (Å²) in [5.41, 5.74) is 8.99. The molecule has 2 amide bonds. The Morgan fingerprint density at radius 2 is 1.23 bits per heavy atom. The number of carbonyl (C=O) groups is 1. The van der Waals surface area contributed by atoms with Crippen LogP contribution >= 0.6 is 0 Å². The van der Waals surface area contributed by atoms with Crippen molar-refractivity contribution < 1.29 is 4.79 Å². The number of benzene rings is 1. The first kappa shape index (κ1) is 22.5. The van der Waals surface area contributed by atoms with Gasteiger partial charge in [0.05, 0.1) is 0 Å². The fraction of sp³-hybridized carbons (Fsp3) is 0.696. The van der Waals surface area contributed by atoms with E-state index in [1.165, 1.54) is 83.5 Å². The molecule has 0 aliphatic heterocycles. The van der Waals surface area contributed by atoms with Gasteiger partial charge in [0.2, 0.25) is 0 Å². The SMILES string of the molecule is CCCCCCCCCCCCCCCCc1ccccc1NC([NH])=O. The number of urea groups is 1. The first-order chi connectivity index (χ1) is 12.7. The monoisotopic (exact) mass is 359 g/mol. The molecule has 1 rings (SSSR count). The van der Waals surface area contributed by atoms with Gasteiger partial charge in [0.1, 0.15) is 0 Å². The molecule has 0 heterocycles. The molecule has 0 bridgehead atoms. The molecule has 2 N–H and O–H groups in total. The van der Waals surface area contributed by atoms with E-state index in [1.807, 2.05) is 24.3 Å². The molecule has 0 saturated carbocycles. The standard InChI is InChI=1S/C23H39N2O/c1-2-3-4-5-6-7-8-9-10-11-12-13-14-15-18-21-19-16-17-20-22(21)25-23(24)26/h16-17,19-20,24H,2-15,18H2,1H3,(H,25,26). The fourth-order valence-corrected chi connectivity index (χ4v) is 3.49. The van der Waals surface area contributed by atoms with E-state index in [0.717, 1.165) is 24.1 Å². The molecule has 0 aromatic heterocycles. The molecule has 1 aromatic rings. The zero-order valence-electron chi connectivity index (χ0n) is 16.8. The molecule has 0 unspecified atom stereocenters. The van der Waals surface area contributed by atoms with Gasteiger partial charge in [-0.1, -0.05) is 109 Å². The predicted octanol–water partition coefficient (Wildman–Crippen LogP) is 7.53. The Morgan fingerprint density at radius 1 is 0.769 bits per heavy atom. The number of aryl methyl sites for hydroxylation is 1. The molecule has 0 spiro atoms. The van der Waals surface area contributed by atoms with Crippen LogP contribution < -0.4 is 11.1 Å². The highest BCUT2D eigenvalue weighted by atomic mass is 16.2. The summed E-state index contributed by atoms with van der Waals surface area (Å²) in [4.78, 5) is 10.9. The Hall–Kier alpha value is -1.51. The van der Waals surface area contributed by atoms with E-state index in [9.17, 15) is 4.79 Å². The molecule has 0 aliphatic carbocycles. The Bertz CT molecular complexity index is 473. The normalized spacial score (nSPS) is 10.8. The molecular formula is C23H39N2O. The Balaban J connectivity index is 1.93. The summed E-state index contributed by atoms with van der Waals surface area (Å²) in [6.07, 6.45) is 20.1. The van der Waals surface area contributed by atoms with Gasteiger partial charge >= 0.3 is 6.03 Å². The largest absolute Gasteiger partial charge is 0.337 e. The molecule has 147 valence electrons. The van der Waals surface area contributed by atoms with Crippen LogP contribution in [-0.4, -0.2) is 6.03 Å². The van der Waals surface area contributed by atoms with E-state index in [0.29, 0.717) is 0 Å². The number of anilines is 1. The molecule has 1 aromatic carbocycles. The van der Waals surface area contributed by atoms with Crippen LogP contribution in [0, 0.1) is 0 Å². The zero-order chi connectivity index (χ0) is 18.9. The molecule has 3 heteroatoms. The minimum Gasteiger partial charge on any atom is -0.306 e. The van der Waals surface area contributed by atoms with Crippen molar-refractivity contribution in [2.24, 2.45) is 0 Å². The second-order valence-corrected chi connectivity index (χ2v) is 7.46. The highest BCUT2D eigenvalue weighted by Gasteiger charge is 2.03. The predicted molar refractivity (Wildman–Crippen MR) is 113 cm³/mol. The van der Waals surface area contributed by atoms with Gasteiger partial charge in [-0.15, -0.1) is 0 Å². The third-order valence-electron chi connectivity index (χ3n) is 5.07. The first-order valence-corrected chi connectivity index (χ1v) is 10.8. The summed E-state index contributed by atoms with van der Waals surface area (Å²) in [5, 5.41) is 2.60. The van der Waals surface area contributed by atoms with Gasteiger partial charge in [0.25, 0.3) is 0 Å². The smallest absolute Gasteiger partial charge is 0.306 e. The van der Waals surface area contributed by atoms with Crippen LogP contribution in [0.2, 0.25) is 0 Å². The number of carbonyl (C=O) groups excluding carboxylic acids is 1. The maximum absolute atomic E-state index is 10.9. The van der Waals surface area contributed by atoms with Crippen LogP contribution in [0.5, 0.6) is 0 Å². The number of rotatable bonds is 16. The fourth-order valence-electron chi connectivity index (χ4n) is 3.49. The third-order valence-corrected chi connectivity index (χ3v) is 5.07. The summed E-state index contributed by atoms with van der Waals surface area (Å²) in [5.74, 6) is 0. The Kier molecular flexibility index (Phi) is 13.6. The van der Waals surface area contributed by atoms with Crippen molar-refractivity contribution >= 4 is 11.7 Å². The molecule has 0 fully saturated rings. The third kappa shape index (κ3) is 11.9. The van der Waals surface area contributed by atoms with E-state index < -0.39 is 6.03 Å². The van der Waals surface area contributed by atoms with Gasteiger partial charge in [-0.3, -0.25) is 0 Å². The molecule has 3 nitrogen and oxygen atoms in total. The highest BCUT2D eigenvalue weighted by molar-refractivity contribution is 5.88. The van der Waals surface area contributed by atoms with E-state index in [1.54, 1.807) is 0 Å². The van der Waals surface area contributed by atoms with Crippen LogP contribution in [-0.2, 0) is 6.42 Å². The number of para-hydroxylation sites is 1. The van der Waals surface area contributed by atoms with E-state index in [2.05, 4.69) is 12.2 Å². The molecule has 1 radical (unpaired) electrons. The van der Waals surface area contributed by atoms with Crippen molar-refractivity contribution in [3.63, 3.8) is 0 Å². The van der Waals surface area contributed by atoms with Crippen molar-refractivity contribution in [2.75, 3.05) is 5.32 Å². The number of nitrogens with one attached hydrogen (secondary N) is 2. The Morgan fingerprint density at radius 3 is 1.73 bits per heavy atom. The lowest BCUT2D eigenvalue weighted by molar-refractivity contribution is 0.258. The average Bonchev–Trinajstić information content (AvgIpc) is 2.63. The van der Waals surface area contributed by atoms with Gasteiger partial charge in [-0.2, -0.15) is 0 Å². The minimum atomic E-state index is -0.738. The van der Waals surface area contributed by atoms with Crippen molar-refractivity contribution in [1.82, 2.24) is 5.73 Å². The van der Waals surface area contributed by atoms with Crippen LogP contribution in [0.1, 0.15) is 102 Å². The number of amides is 2. The second kappa shape index (κ2) is 15.7. The van der Waals surface area contributed by atoms with Crippen molar-refractivity contribution in [3.8, 4) is 0 Å². The van der Waals surface area contributed by atoms with Gasteiger partial charge in [0.15, 0.2) is 0 Å². The molecule has 26 heavy (non-hydrogen) atoms. The van der Waals surface area contributed by atoms with Crippen LogP contribution in [0.4, 0.5) is 10.5 Å². The Labute approximate surface area is 161 Å². The maximum atomic E-state index is 10.9. The zero-order valence-corrected chi connectivity index (χ0v) is 16.8. The van der Waals surface area contributed by atoms with Gasteiger partial charge in [0, 0.05) is 5.69 Å². The molecule has 0 saturated heterocycles. The van der Waals surface area contributed by atoms with E-state index in [4.69, 9.17) is 5.73 Å². The number of hydrogen-bond donors (Lipinski definition) is 1. The maximum Gasteiger partial charge on any atom is 0.337 e. The highest BCUT2D eigenvalue weighted by Crippen LogP contribution is 2.19. The average molecular weight is 360 g/mol. The first-order valence-electron chi connectivity index (χ1n) is 10.8. The van der Waals surface area contributed by atoms with Gasteiger partial charge in [-0.25, -0.2) is 10.5 Å². The second-order valence-electron chi connectivity index (χ2n) is 7.46. The summed E-state index contributed by atoms with van der Waals surface area (Å²) in [6, 6.07) is 7.09. The number of hydrogen-bond acceptors (Lipinski definition) is 1. The summed E-state index contributed by atoms with van der Waals surface area (Å²) < 4.78 is 0. The minimum absolute atomic E-state index is 0.738. The molecule has 0 atom stereocenters. The van der Waals surface area contributed by atoms with E-state index >= 15 is 0 Å². The van der Waals surface area contributed by atoms with Crippen LogP contribution in [0.25, 0.3) is 0 Å². The lowest BCUT2D eigenvalue weighted by Crippen LogP contribution is -2.11. The summed E-state index contributed by atoms with van der Waals surface area (Å²) in [7, 11) is 0. The summed E-state index contributed by atoms with van der Waals surface area (Å²) in [6.45, 7) is 2.28. The molecular weight excluding hydrogens is 320 g/mol. The van der Waals surface area contributed by atoms with E-state index in [-0.39, 0.29) is 0 Å². The topological polar surface area (TPSA) is 52.9 Å². The lowest BCUT2D eigenvalue weighted by atomic mass is 10.0. The molecule has 0 aliphatic rings. The van der Waals surface area contributed by atoms with Gasteiger partial charge in [-0.05, 0) is 24.5 Å². The van der Waals surface area contributed by atoms with Crippen LogP contribution in [0.15, 0.2) is 24.3 Å². The van der Waals surface area contributed by atoms with Crippen LogP contribution in [0.3, 0.4) is 0 Å². The van der Waals surface area contributed by atoms with Crippen molar-refractivity contribution in [3.05, 3.63) is 29.8 Å².